The van der Waals surface area contributed by atoms with Crippen molar-refractivity contribution >= 4 is 44.9 Å². The lowest BCUT2D eigenvalue weighted by atomic mass is 10.1. The zero-order valence-electron chi connectivity index (χ0n) is 16.9. The second-order valence-electron chi connectivity index (χ2n) is 7.11. The fourth-order valence-corrected chi connectivity index (χ4v) is 4.76. The van der Waals surface area contributed by atoms with Crippen LogP contribution in [0.3, 0.4) is 0 Å². The van der Waals surface area contributed by atoms with Crippen LogP contribution >= 0.6 is 23.1 Å². The maximum Gasteiger partial charge on any atom is 0.276 e. The summed E-state index contributed by atoms with van der Waals surface area (Å²) in [4.78, 5) is 30.5. The van der Waals surface area contributed by atoms with Crippen molar-refractivity contribution in [3.63, 3.8) is 0 Å². The normalized spacial score (nSPS) is 11.0. The number of hydrogen-bond acceptors (Lipinski definition) is 5. The molecule has 0 fully saturated rings. The SMILES string of the molecule is Cc1ccc(C)c(-n2c(SCC(=O)Nc3ccccc3C)nc3ccsc3c2=O)c1. The summed E-state index contributed by atoms with van der Waals surface area (Å²) in [5, 5.41) is 5.31. The van der Waals surface area contributed by atoms with E-state index < -0.39 is 0 Å². The first kappa shape index (κ1) is 20.4. The Kier molecular flexibility index (Phi) is 5.74. The molecule has 2 aromatic carbocycles. The fourth-order valence-electron chi connectivity index (χ4n) is 3.19. The van der Waals surface area contributed by atoms with Gasteiger partial charge in [-0.3, -0.25) is 14.2 Å². The number of carbonyl (C=O) groups excluding carboxylic acids is 1. The summed E-state index contributed by atoms with van der Waals surface area (Å²) in [6.45, 7) is 5.92. The van der Waals surface area contributed by atoms with Crippen molar-refractivity contribution in [3.05, 3.63) is 81.0 Å². The lowest BCUT2D eigenvalue weighted by Gasteiger charge is -2.15. The molecule has 0 atom stereocenters. The summed E-state index contributed by atoms with van der Waals surface area (Å²) in [5.74, 6) is 0.0165. The molecule has 0 saturated heterocycles. The molecule has 30 heavy (non-hydrogen) atoms. The summed E-state index contributed by atoms with van der Waals surface area (Å²) in [7, 11) is 0. The van der Waals surface area contributed by atoms with Gasteiger partial charge in [0.15, 0.2) is 5.16 Å². The summed E-state index contributed by atoms with van der Waals surface area (Å²) < 4.78 is 2.25. The van der Waals surface area contributed by atoms with E-state index in [9.17, 15) is 9.59 Å². The van der Waals surface area contributed by atoms with E-state index in [-0.39, 0.29) is 17.2 Å². The number of nitrogens with zero attached hydrogens (tertiary/aromatic N) is 2. The van der Waals surface area contributed by atoms with Gasteiger partial charge in [0.1, 0.15) is 4.70 Å². The number of thiophene rings is 1. The number of hydrogen-bond donors (Lipinski definition) is 1. The van der Waals surface area contributed by atoms with Gasteiger partial charge in [0.05, 0.1) is 17.0 Å². The minimum absolute atomic E-state index is 0.106. The molecule has 0 aliphatic heterocycles. The first-order valence-electron chi connectivity index (χ1n) is 9.50. The Labute approximate surface area is 182 Å². The van der Waals surface area contributed by atoms with Crippen molar-refractivity contribution < 1.29 is 4.79 Å². The Morgan fingerprint density at radius 1 is 1.10 bits per heavy atom. The third-order valence-electron chi connectivity index (χ3n) is 4.81. The number of aromatic nitrogens is 2. The van der Waals surface area contributed by atoms with Crippen LogP contribution in [0.2, 0.25) is 0 Å². The second kappa shape index (κ2) is 8.45. The van der Waals surface area contributed by atoms with E-state index in [0.29, 0.717) is 15.4 Å². The molecule has 5 nitrogen and oxygen atoms in total. The molecule has 4 rings (SSSR count). The largest absolute Gasteiger partial charge is 0.325 e. The molecule has 0 aliphatic rings. The van der Waals surface area contributed by atoms with Crippen LogP contribution in [0.1, 0.15) is 16.7 Å². The molecule has 152 valence electrons. The van der Waals surface area contributed by atoms with E-state index in [1.165, 1.54) is 23.1 Å². The van der Waals surface area contributed by atoms with Crippen molar-refractivity contribution in [1.82, 2.24) is 9.55 Å². The average Bonchev–Trinajstić information content (AvgIpc) is 3.19. The van der Waals surface area contributed by atoms with Gasteiger partial charge in [-0.2, -0.15) is 0 Å². The number of para-hydroxylation sites is 1. The van der Waals surface area contributed by atoms with Gasteiger partial charge in [-0.15, -0.1) is 11.3 Å². The molecule has 0 saturated carbocycles. The Bertz CT molecular complexity index is 1310. The van der Waals surface area contributed by atoms with E-state index in [1.807, 2.05) is 74.7 Å². The molecule has 7 heteroatoms. The molecule has 4 aromatic rings. The van der Waals surface area contributed by atoms with Gasteiger partial charge in [-0.05, 0) is 61.0 Å². The number of fused-ring (bicyclic) bond motifs is 1. The van der Waals surface area contributed by atoms with Gasteiger partial charge in [0.25, 0.3) is 5.56 Å². The highest BCUT2D eigenvalue weighted by molar-refractivity contribution is 7.99. The molecular formula is C23H21N3O2S2. The van der Waals surface area contributed by atoms with Crippen LogP contribution in [0.4, 0.5) is 5.69 Å². The zero-order chi connectivity index (χ0) is 21.3. The third kappa shape index (κ3) is 4.04. The van der Waals surface area contributed by atoms with Gasteiger partial charge >= 0.3 is 0 Å². The van der Waals surface area contributed by atoms with Crippen LogP contribution in [0.25, 0.3) is 15.9 Å². The quantitative estimate of drug-likeness (QED) is 0.350. The molecule has 2 aromatic heterocycles. The number of rotatable bonds is 5. The van der Waals surface area contributed by atoms with E-state index >= 15 is 0 Å². The molecule has 0 aliphatic carbocycles. The highest BCUT2D eigenvalue weighted by Crippen LogP contribution is 2.26. The standard InChI is InChI=1S/C23H21N3O2S2/c1-14-8-9-16(3)19(12-14)26-22(28)21-18(10-11-29-21)25-23(26)30-13-20(27)24-17-7-5-4-6-15(17)2/h4-12H,13H2,1-3H3,(H,24,27). The summed E-state index contributed by atoms with van der Waals surface area (Å²) in [5.41, 5.74) is 5.18. The van der Waals surface area contributed by atoms with Gasteiger partial charge in [-0.1, -0.05) is 42.1 Å². The number of anilines is 1. The van der Waals surface area contributed by atoms with E-state index in [4.69, 9.17) is 4.98 Å². The number of nitrogens with one attached hydrogen (secondary N) is 1. The van der Waals surface area contributed by atoms with Crippen LogP contribution in [-0.2, 0) is 4.79 Å². The molecule has 0 bridgehead atoms. The molecule has 0 radical (unpaired) electrons. The Morgan fingerprint density at radius 3 is 2.70 bits per heavy atom. The Morgan fingerprint density at radius 2 is 1.90 bits per heavy atom. The van der Waals surface area contributed by atoms with Crippen LogP contribution in [0, 0.1) is 20.8 Å². The lowest BCUT2D eigenvalue weighted by molar-refractivity contribution is -0.113. The zero-order valence-corrected chi connectivity index (χ0v) is 18.6. The monoisotopic (exact) mass is 435 g/mol. The van der Waals surface area contributed by atoms with Crippen LogP contribution in [0.15, 0.2) is 63.9 Å². The first-order valence-corrected chi connectivity index (χ1v) is 11.4. The van der Waals surface area contributed by atoms with E-state index in [0.717, 1.165) is 28.1 Å². The Balaban J connectivity index is 1.70. The van der Waals surface area contributed by atoms with Crippen molar-refractivity contribution in [2.24, 2.45) is 0 Å². The maximum absolute atomic E-state index is 13.3. The van der Waals surface area contributed by atoms with Crippen molar-refractivity contribution in [3.8, 4) is 5.69 Å². The second-order valence-corrected chi connectivity index (χ2v) is 8.97. The first-order chi connectivity index (χ1) is 14.4. The predicted octanol–water partition coefficient (Wildman–Crippen LogP) is 5.10. The van der Waals surface area contributed by atoms with E-state index in [1.54, 1.807) is 4.57 Å². The van der Waals surface area contributed by atoms with Crippen LogP contribution in [0.5, 0.6) is 0 Å². The van der Waals surface area contributed by atoms with Gasteiger partial charge in [0, 0.05) is 5.69 Å². The molecule has 2 heterocycles. The van der Waals surface area contributed by atoms with Crippen LogP contribution < -0.4 is 10.9 Å². The molecular weight excluding hydrogens is 414 g/mol. The summed E-state index contributed by atoms with van der Waals surface area (Å²) >= 11 is 2.65. The van der Waals surface area contributed by atoms with Crippen LogP contribution in [-0.4, -0.2) is 21.2 Å². The average molecular weight is 436 g/mol. The molecule has 0 unspecified atom stereocenters. The number of thioether (sulfide) groups is 1. The van der Waals surface area contributed by atoms with Gasteiger partial charge < -0.3 is 5.32 Å². The highest BCUT2D eigenvalue weighted by Gasteiger charge is 2.17. The summed E-state index contributed by atoms with van der Waals surface area (Å²) in [6.07, 6.45) is 0. The minimum atomic E-state index is -0.138. The van der Waals surface area contributed by atoms with Crippen molar-refractivity contribution in [2.45, 2.75) is 25.9 Å². The minimum Gasteiger partial charge on any atom is -0.325 e. The molecule has 0 spiro atoms. The lowest BCUT2D eigenvalue weighted by Crippen LogP contribution is -2.23. The predicted molar refractivity (Wildman–Crippen MR) is 125 cm³/mol. The molecule has 1 N–H and O–H groups in total. The number of benzene rings is 2. The topological polar surface area (TPSA) is 64.0 Å². The van der Waals surface area contributed by atoms with Crippen molar-refractivity contribution in [2.75, 3.05) is 11.1 Å². The smallest absolute Gasteiger partial charge is 0.276 e. The fraction of sp³-hybridized carbons (Fsp3) is 0.174. The number of amides is 1. The summed E-state index contributed by atoms with van der Waals surface area (Å²) in [6, 6.07) is 15.5. The van der Waals surface area contributed by atoms with Gasteiger partial charge in [-0.25, -0.2) is 4.98 Å². The molecule has 1 amide bonds. The third-order valence-corrected chi connectivity index (χ3v) is 6.64. The van der Waals surface area contributed by atoms with Crippen molar-refractivity contribution in [1.29, 1.82) is 0 Å². The van der Waals surface area contributed by atoms with E-state index in [2.05, 4.69) is 5.32 Å². The maximum atomic E-state index is 13.3. The highest BCUT2D eigenvalue weighted by atomic mass is 32.2. The van der Waals surface area contributed by atoms with Gasteiger partial charge in [0.2, 0.25) is 5.91 Å². The number of aryl methyl sites for hydroxylation is 3. The Hall–Kier alpha value is -2.90. The number of carbonyl (C=O) groups is 1.